The van der Waals surface area contributed by atoms with Crippen LogP contribution in [0, 0.1) is 12.3 Å². The Kier molecular flexibility index (Phi) is 6.03. The van der Waals surface area contributed by atoms with Crippen LogP contribution in [-0.4, -0.2) is 17.8 Å². The highest BCUT2D eigenvalue weighted by Gasteiger charge is 2.36. The number of imide groups is 1. The number of hydrogen-bond donors (Lipinski definition) is 0. The number of ether oxygens (including phenoxy) is 1. The third-order valence-electron chi connectivity index (χ3n) is 3.50. The number of carbonyl (C=O) groups is 2. The van der Waals surface area contributed by atoms with E-state index in [4.69, 9.17) is 46.0 Å². The number of hydrogen-bond acceptors (Lipinski definition) is 4. The van der Waals surface area contributed by atoms with Crippen LogP contribution in [-0.2, 0) is 4.79 Å². The lowest BCUT2D eigenvalue weighted by atomic mass is 10.2. The number of benzene rings is 2. The standard InChI is InChI=1S/C19H10Cl3NO3S/c1-2-7-26-17-14(21)8-11(9-15(17)22)10-16-18(24)23(19(25)27-16)13-5-3-12(20)4-6-13/h1,3-6,8-10H,7H2/b16-10-. The van der Waals surface area contributed by atoms with Crippen molar-refractivity contribution in [1.82, 2.24) is 0 Å². The van der Waals surface area contributed by atoms with Crippen molar-refractivity contribution in [2.75, 3.05) is 11.5 Å². The molecule has 2 amide bonds. The van der Waals surface area contributed by atoms with Crippen molar-refractivity contribution in [3.8, 4) is 18.1 Å². The fraction of sp³-hybridized carbons (Fsp3) is 0.0526. The smallest absolute Gasteiger partial charge is 0.298 e. The summed E-state index contributed by atoms with van der Waals surface area (Å²) in [4.78, 5) is 26.3. The highest BCUT2D eigenvalue weighted by atomic mass is 35.5. The first kappa shape index (κ1) is 19.7. The molecule has 0 atom stereocenters. The van der Waals surface area contributed by atoms with Gasteiger partial charge >= 0.3 is 0 Å². The molecule has 1 aliphatic rings. The van der Waals surface area contributed by atoms with Gasteiger partial charge < -0.3 is 4.74 Å². The SMILES string of the molecule is C#CCOc1c(Cl)cc(/C=C2\SC(=O)N(c3ccc(Cl)cc3)C2=O)cc1Cl. The highest BCUT2D eigenvalue weighted by Crippen LogP contribution is 2.38. The van der Waals surface area contributed by atoms with Gasteiger partial charge in [-0.15, -0.1) is 6.42 Å². The zero-order chi connectivity index (χ0) is 19.6. The van der Waals surface area contributed by atoms with Crippen LogP contribution in [0.15, 0.2) is 41.3 Å². The van der Waals surface area contributed by atoms with Crippen LogP contribution >= 0.6 is 46.6 Å². The predicted octanol–water partition coefficient (Wildman–Crippen LogP) is 5.90. The molecule has 0 aliphatic carbocycles. The van der Waals surface area contributed by atoms with E-state index in [9.17, 15) is 9.59 Å². The Morgan fingerprint density at radius 1 is 1.11 bits per heavy atom. The summed E-state index contributed by atoms with van der Waals surface area (Å²) >= 11 is 19.0. The molecule has 0 saturated carbocycles. The molecular formula is C19H10Cl3NO3S. The molecule has 1 aliphatic heterocycles. The van der Waals surface area contributed by atoms with E-state index in [0.29, 0.717) is 16.3 Å². The van der Waals surface area contributed by atoms with Crippen LogP contribution in [0.5, 0.6) is 5.75 Å². The first-order chi connectivity index (χ1) is 12.9. The van der Waals surface area contributed by atoms with Crippen molar-refractivity contribution in [2.45, 2.75) is 0 Å². The lowest BCUT2D eigenvalue weighted by Crippen LogP contribution is -2.27. The molecule has 1 saturated heterocycles. The van der Waals surface area contributed by atoms with E-state index in [1.807, 2.05) is 0 Å². The third kappa shape index (κ3) is 4.26. The maximum Gasteiger partial charge on any atom is 0.298 e. The third-order valence-corrected chi connectivity index (χ3v) is 5.18. The molecule has 3 rings (SSSR count). The van der Waals surface area contributed by atoms with Gasteiger partial charge in [0.2, 0.25) is 0 Å². The maximum absolute atomic E-state index is 12.7. The number of halogens is 3. The Bertz CT molecular complexity index is 973. The summed E-state index contributed by atoms with van der Waals surface area (Å²) in [5.74, 6) is 2.16. The lowest BCUT2D eigenvalue weighted by molar-refractivity contribution is -0.113. The average molecular weight is 439 g/mol. The minimum Gasteiger partial charge on any atom is -0.478 e. The van der Waals surface area contributed by atoms with Crippen LogP contribution in [0.2, 0.25) is 15.1 Å². The Morgan fingerprint density at radius 2 is 1.74 bits per heavy atom. The second kappa shape index (κ2) is 8.28. The van der Waals surface area contributed by atoms with E-state index in [-0.39, 0.29) is 27.3 Å². The minimum absolute atomic E-state index is 0.0266. The van der Waals surface area contributed by atoms with E-state index in [2.05, 4.69) is 5.92 Å². The fourth-order valence-corrected chi connectivity index (χ4v) is 3.93. The van der Waals surface area contributed by atoms with E-state index < -0.39 is 11.1 Å². The normalized spacial score (nSPS) is 15.3. The van der Waals surface area contributed by atoms with Crippen molar-refractivity contribution in [1.29, 1.82) is 0 Å². The van der Waals surface area contributed by atoms with Crippen molar-refractivity contribution in [2.24, 2.45) is 0 Å². The van der Waals surface area contributed by atoms with Gasteiger partial charge in [-0.05, 0) is 59.8 Å². The first-order valence-electron chi connectivity index (χ1n) is 7.49. The van der Waals surface area contributed by atoms with E-state index >= 15 is 0 Å². The second-order valence-electron chi connectivity index (χ2n) is 5.30. The topological polar surface area (TPSA) is 46.6 Å². The number of rotatable bonds is 4. The minimum atomic E-state index is -0.438. The van der Waals surface area contributed by atoms with E-state index in [1.165, 1.54) is 0 Å². The molecule has 0 spiro atoms. The first-order valence-corrected chi connectivity index (χ1v) is 9.44. The molecule has 0 N–H and O–H groups in total. The molecule has 8 heteroatoms. The quantitative estimate of drug-likeness (QED) is 0.440. The molecule has 0 aromatic heterocycles. The Labute approximate surface area is 175 Å². The molecule has 0 unspecified atom stereocenters. The zero-order valence-electron chi connectivity index (χ0n) is 13.5. The molecule has 27 heavy (non-hydrogen) atoms. The van der Waals surface area contributed by atoms with Crippen molar-refractivity contribution < 1.29 is 14.3 Å². The number of terminal acetylenes is 1. The highest BCUT2D eigenvalue weighted by molar-refractivity contribution is 8.19. The Balaban J connectivity index is 1.90. The molecule has 136 valence electrons. The number of thioether (sulfide) groups is 1. The van der Waals surface area contributed by atoms with Gasteiger partial charge in [-0.2, -0.15) is 0 Å². The van der Waals surface area contributed by atoms with Crippen LogP contribution in [0.25, 0.3) is 6.08 Å². The molecular weight excluding hydrogens is 429 g/mol. The van der Waals surface area contributed by atoms with Crippen molar-refractivity contribution in [3.05, 3.63) is 61.9 Å². The van der Waals surface area contributed by atoms with Crippen molar-refractivity contribution in [3.63, 3.8) is 0 Å². The van der Waals surface area contributed by atoms with Crippen LogP contribution in [0.4, 0.5) is 10.5 Å². The molecule has 1 heterocycles. The predicted molar refractivity (Wildman–Crippen MR) is 111 cm³/mol. The lowest BCUT2D eigenvalue weighted by Gasteiger charge is -2.12. The maximum atomic E-state index is 12.7. The van der Waals surface area contributed by atoms with Gasteiger partial charge in [0.15, 0.2) is 5.75 Å². The van der Waals surface area contributed by atoms with E-state index in [1.54, 1.807) is 42.5 Å². The van der Waals surface area contributed by atoms with Crippen LogP contribution in [0.3, 0.4) is 0 Å². The van der Waals surface area contributed by atoms with E-state index in [0.717, 1.165) is 16.7 Å². The van der Waals surface area contributed by atoms with Gasteiger partial charge in [-0.25, -0.2) is 4.90 Å². The Morgan fingerprint density at radius 3 is 2.33 bits per heavy atom. The summed E-state index contributed by atoms with van der Waals surface area (Å²) in [5.41, 5.74) is 0.999. The summed E-state index contributed by atoms with van der Waals surface area (Å²) < 4.78 is 5.30. The van der Waals surface area contributed by atoms with Gasteiger partial charge in [0.25, 0.3) is 11.1 Å². The van der Waals surface area contributed by atoms with Gasteiger partial charge in [0, 0.05) is 5.02 Å². The molecule has 2 aromatic carbocycles. The van der Waals surface area contributed by atoms with Gasteiger partial charge in [0.1, 0.15) is 6.61 Å². The largest absolute Gasteiger partial charge is 0.478 e. The zero-order valence-corrected chi connectivity index (χ0v) is 16.6. The molecule has 4 nitrogen and oxygen atoms in total. The molecule has 0 radical (unpaired) electrons. The summed E-state index contributed by atoms with van der Waals surface area (Å²) in [6, 6.07) is 9.58. The summed E-state index contributed by atoms with van der Waals surface area (Å²) in [6.45, 7) is 0.0266. The monoisotopic (exact) mass is 437 g/mol. The summed E-state index contributed by atoms with van der Waals surface area (Å²) in [5, 5.41) is 0.610. The molecule has 1 fully saturated rings. The summed E-state index contributed by atoms with van der Waals surface area (Å²) in [6.07, 6.45) is 6.70. The summed E-state index contributed by atoms with van der Waals surface area (Å²) in [7, 11) is 0. The second-order valence-corrected chi connectivity index (χ2v) is 7.54. The fourth-order valence-electron chi connectivity index (χ4n) is 2.35. The number of anilines is 1. The Hall–Kier alpha value is -2.10. The number of nitrogens with zero attached hydrogens (tertiary/aromatic N) is 1. The average Bonchev–Trinajstić information content (AvgIpc) is 2.89. The van der Waals surface area contributed by atoms with Gasteiger partial charge in [-0.1, -0.05) is 40.7 Å². The van der Waals surface area contributed by atoms with Crippen molar-refractivity contribution >= 4 is 69.5 Å². The number of amides is 2. The van der Waals surface area contributed by atoms with Gasteiger partial charge in [0.05, 0.1) is 20.6 Å². The van der Waals surface area contributed by atoms with Gasteiger partial charge in [-0.3, -0.25) is 9.59 Å². The molecule has 2 aromatic rings. The van der Waals surface area contributed by atoms with Crippen LogP contribution in [0.1, 0.15) is 5.56 Å². The molecule has 0 bridgehead atoms. The number of carbonyl (C=O) groups excluding carboxylic acids is 2. The van der Waals surface area contributed by atoms with Crippen LogP contribution < -0.4 is 9.64 Å².